The Bertz CT molecular complexity index is 844. The fourth-order valence-corrected chi connectivity index (χ4v) is 4.03. The number of hydrogen-bond donors (Lipinski definition) is 1. The number of nitrogens with zero attached hydrogens (tertiary/aromatic N) is 1. The Kier molecular flexibility index (Phi) is 10.7. The number of carbonyl (C=O) groups excluding carboxylic acids is 2. The molecule has 0 aliphatic rings. The molecule has 0 aliphatic heterocycles. The number of carbonyl (C=O) groups is 2. The topological polar surface area (TPSA) is 49.4 Å². The zero-order chi connectivity index (χ0) is 22.8. The fourth-order valence-electron chi connectivity index (χ4n) is 2.92. The minimum atomic E-state index is -0.555. The lowest BCUT2D eigenvalue weighted by molar-refractivity contribution is -0.140. The summed E-state index contributed by atoms with van der Waals surface area (Å²) < 4.78 is 0. The monoisotopic (exact) mass is 480 g/mol. The molecular weight excluding hydrogens is 451 g/mol. The first kappa shape index (κ1) is 25.6. The molecule has 0 saturated carbocycles. The van der Waals surface area contributed by atoms with Crippen molar-refractivity contribution < 1.29 is 9.59 Å². The van der Waals surface area contributed by atoms with Gasteiger partial charge in [0.15, 0.2) is 0 Å². The quantitative estimate of drug-likeness (QED) is 0.307. The summed E-state index contributed by atoms with van der Waals surface area (Å²) in [7, 11) is 0. The van der Waals surface area contributed by atoms with E-state index in [4.69, 9.17) is 23.2 Å². The maximum atomic E-state index is 13.1. The van der Waals surface area contributed by atoms with Crippen LogP contribution in [0.3, 0.4) is 0 Å². The number of thioether (sulfide) groups is 1. The normalized spacial score (nSPS) is 12.8. The van der Waals surface area contributed by atoms with Gasteiger partial charge in [-0.25, -0.2) is 0 Å². The van der Waals surface area contributed by atoms with Crippen LogP contribution in [0.5, 0.6) is 0 Å². The summed E-state index contributed by atoms with van der Waals surface area (Å²) in [4.78, 5) is 28.6. The Labute approximate surface area is 199 Å². The highest BCUT2D eigenvalue weighted by atomic mass is 35.5. The smallest absolute Gasteiger partial charge is 0.242 e. The first-order valence-corrected chi connectivity index (χ1v) is 12.3. The van der Waals surface area contributed by atoms with E-state index >= 15 is 0 Å². The lowest BCUT2D eigenvalue weighted by Gasteiger charge is -2.29. The average Bonchev–Trinajstić information content (AvgIpc) is 2.76. The molecule has 2 aromatic carbocycles. The standard InChI is InChI=1S/C24H30Cl2N2O2S/c1-4-17(2)27-24(30)18(3)28(16-19-7-9-20(25)10-8-19)23(29)6-5-15-31-22-13-11-21(26)12-14-22/h7-14,17-18H,4-6,15-16H2,1-3H3,(H,27,30)/t17-,18-/m0/s1. The highest BCUT2D eigenvalue weighted by Crippen LogP contribution is 2.22. The molecule has 0 aliphatic carbocycles. The molecule has 1 N–H and O–H groups in total. The second-order valence-corrected chi connectivity index (χ2v) is 9.59. The maximum Gasteiger partial charge on any atom is 0.242 e. The van der Waals surface area contributed by atoms with Gasteiger partial charge >= 0.3 is 0 Å². The predicted octanol–water partition coefficient (Wildman–Crippen LogP) is 6.20. The third-order valence-corrected chi connectivity index (χ3v) is 6.65. The van der Waals surface area contributed by atoms with Gasteiger partial charge in [-0.15, -0.1) is 11.8 Å². The molecule has 0 unspecified atom stereocenters. The van der Waals surface area contributed by atoms with E-state index in [1.54, 1.807) is 35.7 Å². The van der Waals surface area contributed by atoms with Crippen molar-refractivity contribution in [1.82, 2.24) is 10.2 Å². The highest BCUT2D eigenvalue weighted by Gasteiger charge is 2.26. The summed E-state index contributed by atoms with van der Waals surface area (Å²) in [5.74, 6) is 0.654. The molecular formula is C24H30Cl2N2O2S. The number of amides is 2. The van der Waals surface area contributed by atoms with E-state index in [1.807, 2.05) is 50.2 Å². The zero-order valence-electron chi connectivity index (χ0n) is 18.2. The van der Waals surface area contributed by atoms with Crippen molar-refractivity contribution in [2.75, 3.05) is 5.75 Å². The first-order chi connectivity index (χ1) is 14.8. The van der Waals surface area contributed by atoms with E-state index in [2.05, 4.69) is 5.32 Å². The van der Waals surface area contributed by atoms with Gasteiger partial charge in [0, 0.05) is 33.9 Å². The lowest BCUT2D eigenvalue weighted by Crippen LogP contribution is -2.49. The summed E-state index contributed by atoms with van der Waals surface area (Å²) in [6.45, 7) is 6.14. The highest BCUT2D eigenvalue weighted by molar-refractivity contribution is 7.99. The third-order valence-electron chi connectivity index (χ3n) is 5.05. The van der Waals surface area contributed by atoms with Gasteiger partial charge in [-0.2, -0.15) is 0 Å². The molecule has 0 spiro atoms. The molecule has 0 aromatic heterocycles. The molecule has 0 fully saturated rings. The molecule has 0 saturated heterocycles. The van der Waals surface area contributed by atoms with Crippen molar-refractivity contribution in [2.24, 2.45) is 0 Å². The SMILES string of the molecule is CC[C@H](C)NC(=O)[C@H](C)N(Cc1ccc(Cl)cc1)C(=O)CCCSc1ccc(Cl)cc1. The van der Waals surface area contributed by atoms with Crippen LogP contribution < -0.4 is 5.32 Å². The molecule has 2 amide bonds. The van der Waals surface area contributed by atoms with Crippen molar-refractivity contribution in [3.8, 4) is 0 Å². The minimum absolute atomic E-state index is 0.0292. The number of halogens is 2. The van der Waals surface area contributed by atoms with Crippen LogP contribution in [-0.2, 0) is 16.1 Å². The van der Waals surface area contributed by atoms with E-state index in [9.17, 15) is 9.59 Å². The molecule has 0 heterocycles. The molecule has 4 nitrogen and oxygen atoms in total. The molecule has 2 rings (SSSR count). The summed E-state index contributed by atoms with van der Waals surface area (Å²) in [5, 5.41) is 4.34. The second kappa shape index (κ2) is 13.0. The zero-order valence-corrected chi connectivity index (χ0v) is 20.6. The number of nitrogens with one attached hydrogen (secondary N) is 1. The average molecular weight is 481 g/mol. The molecule has 0 bridgehead atoms. The van der Waals surface area contributed by atoms with Gasteiger partial charge < -0.3 is 10.2 Å². The van der Waals surface area contributed by atoms with Crippen molar-refractivity contribution in [2.45, 2.75) is 63.6 Å². The Hall–Kier alpha value is -1.69. The second-order valence-electron chi connectivity index (χ2n) is 7.55. The number of rotatable bonds is 11. The van der Waals surface area contributed by atoms with Crippen LogP contribution in [0.25, 0.3) is 0 Å². The molecule has 7 heteroatoms. The van der Waals surface area contributed by atoms with E-state index in [1.165, 1.54) is 0 Å². The first-order valence-electron chi connectivity index (χ1n) is 10.5. The van der Waals surface area contributed by atoms with Crippen LogP contribution in [-0.4, -0.2) is 34.6 Å². The molecule has 2 atom stereocenters. The van der Waals surface area contributed by atoms with Gasteiger partial charge in [-0.05, 0) is 74.4 Å². The van der Waals surface area contributed by atoms with Gasteiger partial charge in [0.2, 0.25) is 11.8 Å². The van der Waals surface area contributed by atoms with Gasteiger partial charge in [0.05, 0.1) is 0 Å². The summed E-state index contributed by atoms with van der Waals surface area (Å²) in [5.41, 5.74) is 0.941. The molecule has 31 heavy (non-hydrogen) atoms. The number of hydrogen-bond acceptors (Lipinski definition) is 3. The van der Waals surface area contributed by atoms with Crippen molar-refractivity contribution in [1.29, 1.82) is 0 Å². The van der Waals surface area contributed by atoms with Crippen molar-refractivity contribution in [3.63, 3.8) is 0 Å². The molecule has 0 radical (unpaired) electrons. The van der Waals surface area contributed by atoms with Crippen LogP contribution in [0.15, 0.2) is 53.4 Å². The van der Waals surface area contributed by atoms with Crippen LogP contribution in [0.1, 0.15) is 45.6 Å². The maximum absolute atomic E-state index is 13.1. The minimum Gasteiger partial charge on any atom is -0.352 e. The summed E-state index contributed by atoms with van der Waals surface area (Å²) in [6.07, 6.45) is 1.95. The van der Waals surface area contributed by atoms with Crippen LogP contribution in [0.4, 0.5) is 0 Å². The Balaban J connectivity index is 1.99. The Morgan fingerprint density at radius 1 is 1.00 bits per heavy atom. The third kappa shape index (κ3) is 8.76. The van der Waals surface area contributed by atoms with E-state index < -0.39 is 6.04 Å². The lowest BCUT2D eigenvalue weighted by atomic mass is 10.1. The Morgan fingerprint density at radius 3 is 2.16 bits per heavy atom. The molecule has 2 aromatic rings. The van der Waals surface area contributed by atoms with Crippen molar-refractivity contribution >= 4 is 46.8 Å². The van der Waals surface area contributed by atoms with Crippen LogP contribution >= 0.6 is 35.0 Å². The van der Waals surface area contributed by atoms with E-state index in [0.29, 0.717) is 23.0 Å². The van der Waals surface area contributed by atoms with Gasteiger partial charge in [0.25, 0.3) is 0 Å². The predicted molar refractivity (Wildman–Crippen MR) is 131 cm³/mol. The summed E-state index contributed by atoms with van der Waals surface area (Å²) in [6, 6.07) is 14.6. The number of benzene rings is 2. The van der Waals surface area contributed by atoms with Crippen LogP contribution in [0.2, 0.25) is 10.0 Å². The fraction of sp³-hybridized carbons (Fsp3) is 0.417. The Morgan fingerprint density at radius 2 is 1.58 bits per heavy atom. The van der Waals surface area contributed by atoms with Crippen molar-refractivity contribution in [3.05, 3.63) is 64.1 Å². The van der Waals surface area contributed by atoms with Gasteiger partial charge in [-0.1, -0.05) is 42.3 Å². The molecule has 168 valence electrons. The van der Waals surface area contributed by atoms with E-state index in [0.717, 1.165) is 29.1 Å². The van der Waals surface area contributed by atoms with Gasteiger partial charge in [0.1, 0.15) is 6.04 Å². The summed E-state index contributed by atoms with van der Waals surface area (Å²) >= 11 is 13.6. The van der Waals surface area contributed by atoms with Crippen LogP contribution in [0, 0.1) is 0 Å². The van der Waals surface area contributed by atoms with Gasteiger partial charge in [-0.3, -0.25) is 9.59 Å². The van der Waals surface area contributed by atoms with E-state index in [-0.39, 0.29) is 17.9 Å². The largest absolute Gasteiger partial charge is 0.352 e.